The van der Waals surface area contributed by atoms with Crippen LogP contribution < -0.4 is 14.2 Å². The van der Waals surface area contributed by atoms with Crippen LogP contribution in [0.2, 0.25) is 0 Å². The maximum atomic E-state index is 6.64. The van der Waals surface area contributed by atoms with Gasteiger partial charge in [0.05, 0.1) is 19.8 Å². The Labute approximate surface area is 208 Å². The summed E-state index contributed by atoms with van der Waals surface area (Å²) in [4.78, 5) is 0. The smallest absolute Gasteiger partial charge is 0.204 e. The van der Waals surface area contributed by atoms with E-state index < -0.39 is 0 Å². The van der Waals surface area contributed by atoms with Gasteiger partial charge in [-0.3, -0.25) is 0 Å². The molecule has 3 saturated heterocycles. The number of hydrogen-bond donors (Lipinski definition) is 0. The predicted octanol–water partition coefficient (Wildman–Crippen LogP) is 4.78. The Balaban J connectivity index is 1.36. The second-order valence-corrected chi connectivity index (χ2v) is 13.2. The molecule has 3 unspecified atom stereocenters. The predicted molar refractivity (Wildman–Crippen MR) is 131 cm³/mol. The number of hydrogen-bond acceptors (Lipinski definition) is 6. The SMILES string of the molecule is CC(C)(C)c1c(C23CC4CC(CC(C4)C2)C3)cc(OCC2CO2)c(OCC2CO2)c1OCC1CO1. The lowest BCUT2D eigenvalue weighted by atomic mass is 9.47. The largest absolute Gasteiger partial charge is 0.487 e. The topological polar surface area (TPSA) is 65.3 Å². The zero-order valence-corrected chi connectivity index (χ0v) is 21.5. The average Bonchev–Trinajstić information content (AvgIpc) is 3.66. The van der Waals surface area contributed by atoms with Gasteiger partial charge in [-0.15, -0.1) is 0 Å². The molecule has 4 aliphatic carbocycles. The summed E-state index contributed by atoms with van der Waals surface area (Å²) in [6.45, 7) is 10.9. The van der Waals surface area contributed by atoms with Gasteiger partial charge in [0.1, 0.15) is 38.1 Å². The summed E-state index contributed by atoms with van der Waals surface area (Å²) in [5, 5.41) is 0. The first-order chi connectivity index (χ1) is 16.9. The van der Waals surface area contributed by atoms with Gasteiger partial charge in [-0.25, -0.2) is 0 Å². The molecule has 192 valence electrons. The maximum Gasteiger partial charge on any atom is 0.204 e. The highest BCUT2D eigenvalue weighted by atomic mass is 16.6. The quantitative estimate of drug-likeness (QED) is 0.445. The van der Waals surface area contributed by atoms with Crippen molar-refractivity contribution < 1.29 is 28.4 Å². The molecule has 6 heteroatoms. The Hall–Kier alpha value is -1.50. The van der Waals surface area contributed by atoms with E-state index in [1.165, 1.54) is 49.7 Å². The fourth-order valence-electron chi connectivity index (χ4n) is 7.63. The van der Waals surface area contributed by atoms with E-state index in [1.54, 1.807) is 0 Å². The van der Waals surface area contributed by atoms with Crippen LogP contribution in [0, 0.1) is 17.8 Å². The molecule has 7 fully saturated rings. The molecule has 3 heterocycles. The lowest BCUT2D eigenvalue weighted by Gasteiger charge is -2.58. The molecule has 35 heavy (non-hydrogen) atoms. The average molecular weight is 485 g/mol. The van der Waals surface area contributed by atoms with Crippen LogP contribution in [0.3, 0.4) is 0 Å². The molecule has 0 aromatic heterocycles. The van der Waals surface area contributed by atoms with E-state index in [-0.39, 0.29) is 29.1 Å². The Morgan fingerprint density at radius 1 is 0.743 bits per heavy atom. The minimum atomic E-state index is -0.0925. The molecule has 0 radical (unpaired) electrons. The van der Waals surface area contributed by atoms with E-state index in [0.29, 0.717) is 19.8 Å². The minimum Gasteiger partial charge on any atom is -0.487 e. The standard InChI is InChI=1S/C29H40O6/c1-28(2,3)25-23(29-8-17-4-18(9-29)6-19(5-17)10-29)7-24(33-14-20-11-30-20)26(34-15-21-12-31-21)27(25)35-16-22-13-32-22/h7,17-22H,4-6,8-16H2,1-3H3. The second kappa shape index (κ2) is 8.26. The van der Waals surface area contributed by atoms with Crippen LogP contribution in [0.5, 0.6) is 17.2 Å². The summed E-state index contributed by atoms with van der Waals surface area (Å²) in [7, 11) is 0. The highest BCUT2D eigenvalue weighted by Gasteiger charge is 2.53. The van der Waals surface area contributed by atoms with Crippen LogP contribution >= 0.6 is 0 Å². The van der Waals surface area contributed by atoms with E-state index >= 15 is 0 Å². The van der Waals surface area contributed by atoms with Crippen molar-refractivity contribution in [3.8, 4) is 17.2 Å². The molecule has 8 rings (SSSR count). The van der Waals surface area contributed by atoms with Gasteiger partial charge >= 0.3 is 0 Å². The monoisotopic (exact) mass is 484 g/mol. The molecule has 3 atom stereocenters. The zero-order valence-electron chi connectivity index (χ0n) is 21.5. The van der Waals surface area contributed by atoms with Crippen molar-refractivity contribution in [2.45, 2.75) is 88.4 Å². The molecule has 0 spiro atoms. The highest BCUT2D eigenvalue weighted by molar-refractivity contribution is 5.63. The highest BCUT2D eigenvalue weighted by Crippen LogP contribution is 2.63. The first-order valence-electron chi connectivity index (χ1n) is 13.8. The molecule has 1 aromatic carbocycles. The maximum absolute atomic E-state index is 6.64. The summed E-state index contributed by atoms with van der Waals surface area (Å²) < 4.78 is 36.0. The van der Waals surface area contributed by atoms with Crippen LogP contribution in [0.4, 0.5) is 0 Å². The van der Waals surface area contributed by atoms with Crippen LogP contribution in [-0.2, 0) is 25.0 Å². The Bertz CT molecular complexity index is 933. The lowest BCUT2D eigenvalue weighted by Crippen LogP contribution is -2.49. The van der Waals surface area contributed by atoms with Gasteiger partial charge in [0, 0.05) is 5.56 Å². The van der Waals surface area contributed by atoms with Gasteiger partial charge in [-0.05, 0) is 78.7 Å². The zero-order chi connectivity index (χ0) is 23.8. The molecule has 3 aliphatic heterocycles. The van der Waals surface area contributed by atoms with Gasteiger partial charge in [0.15, 0.2) is 11.5 Å². The number of rotatable bonds is 10. The van der Waals surface area contributed by atoms with Crippen molar-refractivity contribution in [1.82, 2.24) is 0 Å². The first-order valence-corrected chi connectivity index (χ1v) is 13.8. The van der Waals surface area contributed by atoms with E-state index in [2.05, 4.69) is 26.8 Å². The van der Waals surface area contributed by atoms with Crippen LogP contribution in [-0.4, -0.2) is 58.0 Å². The Morgan fingerprint density at radius 2 is 1.20 bits per heavy atom. The summed E-state index contributed by atoms with van der Waals surface area (Å²) in [5.74, 6) is 5.02. The van der Waals surface area contributed by atoms with E-state index in [9.17, 15) is 0 Å². The molecule has 4 saturated carbocycles. The van der Waals surface area contributed by atoms with Crippen molar-refractivity contribution in [3.05, 3.63) is 17.2 Å². The van der Waals surface area contributed by atoms with Crippen LogP contribution in [0.25, 0.3) is 0 Å². The van der Waals surface area contributed by atoms with Crippen molar-refractivity contribution in [1.29, 1.82) is 0 Å². The molecule has 6 nitrogen and oxygen atoms in total. The summed E-state index contributed by atoms with van der Waals surface area (Å²) in [5.41, 5.74) is 2.89. The third kappa shape index (κ3) is 4.55. The van der Waals surface area contributed by atoms with Crippen LogP contribution in [0.1, 0.15) is 70.4 Å². The van der Waals surface area contributed by atoms with Crippen molar-refractivity contribution in [3.63, 3.8) is 0 Å². The van der Waals surface area contributed by atoms with Gasteiger partial charge in [0.2, 0.25) is 5.75 Å². The number of ether oxygens (including phenoxy) is 6. The van der Waals surface area contributed by atoms with Gasteiger partial charge < -0.3 is 28.4 Å². The summed E-state index contributed by atoms with van der Waals surface area (Å²) in [6, 6.07) is 2.35. The molecule has 1 aromatic rings. The summed E-state index contributed by atoms with van der Waals surface area (Å²) >= 11 is 0. The number of epoxide rings is 3. The molecule has 0 N–H and O–H groups in total. The van der Waals surface area contributed by atoms with E-state index in [0.717, 1.165) is 54.8 Å². The lowest BCUT2D eigenvalue weighted by molar-refractivity contribution is -0.00625. The van der Waals surface area contributed by atoms with Crippen molar-refractivity contribution in [2.75, 3.05) is 39.6 Å². The molecule has 0 amide bonds. The molecule has 7 aliphatic rings. The normalized spacial score (nSPS) is 38.4. The van der Waals surface area contributed by atoms with E-state index in [1.807, 2.05) is 0 Å². The molecular weight excluding hydrogens is 444 g/mol. The third-order valence-electron chi connectivity index (χ3n) is 9.02. The molecule has 4 bridgehead atoms. The van der Waals surface area contributed by atoms with Crippen molar-refractivity contribution >= 4 is 0 Å². The Morgan fingerprint density at radius 3 is 1.66 bits per heavy atom. The minimum absolute atomic E-state index is 0.0925. The van der Waals surface area contributed by atoms with E-state index in [4.69, 9.17) is 28.4 Å². The summed E-state index contributed by atoms with van der Waals surface area (Å²) in [6.07, 6.45) is 8.71. The fourth-order valence-corrected chi connectivity index (χ4v) is 7.63. The van der Waals surface area contributed by atoms with Crippen LogP contribution in [0.15, 0.2) is 6.07 Å². The fraction of sp³-hybridized carbons (Fsp3) is 0.793. The molecular formula is C29H40O6. The van der Waals surface area contributed by atoms with Crippen molar-refractivity contribution in [2.24, 2.45) is 17.8 Å². The van der Waals surface area contributed by atoms with Gasteiger partial charge in [-0.2, -0.15) is 0 Å². The Kier molecular flexibility index (Phi) is 5.35. The number of benzene rings is 1. The third-order valence-corrected chi connectivity index (χ3v) is 9.02. The first kappa shape index (κ1) is 22.7. The van der Waals surface area contributed by atoms with Gasteiger partial charge in [-0.1, -0.05) is 20.8 Å². The van der Waals surface area contributed by atoms with Gasteiger partial charge in [0.25, 0.3) is 0 Å². The second-order valence-electron chi connectivity index (χ2n) is 13.2.